The molecule has 2 saturated carbocycles. The van der Waals surface area contributed by atoms with Crippen LogP contribution in [0.5, 0.6) is 11.5 Å². The van der Waals surface area contributed by atoms with Crippen LogP contribution in [-0.4, -0.2) is 24.3 Å². The molecule has 1 aromatic carbocycles. The number of carbonyl (C=O) groups is 1. The van der Waals surface area contributed by atoms with Crippen molar-refractivity contribution in [1.82, 2.24) is 0 Å². The van der Waals surface area contributed by atoms with Gasteiger partial charge in [-0.25, -0.2) is 0 Å². The number of aliphatic carboxylic acids is 1. The van der Waals surface area contributed by atoms with Crippen LogP contribution in [-0.2, 0) is 4.79 Å². The third kappa shape index (κ3) is 2.71. The first-order valence-electron chi connectivity index (χ1n) is 7.87. The van der Waals surface area contributed by atoms with Gasteiger partial charge >= 0.3 is 5.97 Å². The third-order valence-corrected chi connectivity index (χ3v) is 5.76. The molecule has 1 heterocycles. The molecule has 22 heavy (non-hydrogen) atoms. The Morgan fingerprint density at radius 3 is 2.45 bits per heavy atom. The van der Waals surface area contributed by atoms with Crippen molar-refractivity contribution in [2.24, 2.45) is 11.3 Å². The van der Waals surface area contributed by atoms with Gasteiger partial charge in [-0.15, -0.1) is 0 Å². The summed E-state index contributed by atoms with van der Waals surface area (Å²) in [4.78, 5) is 11.2. The largest absolute Gasteiger partial charge is 0.489 e. The van der Waals surface area contributed by atoms with Crippen molar-refractivity contribution < 1.29 is 19.4 Å². The zero-order valence-electron chi connectivity index (χ0n) is 12.3. The maximum absolute atomic E-state index is 11.2. The lowest BCUT2D eigenvalue weighted by Crippen LogP contribution is -2.17. The Labute approximate surface area is 137 Å². The number of halogens is 1. The summed E-state index contributed by atoms with van der Waals surface area (Å²) in [6, 6.07) is 3.94. The zero-order valence-corrected chi connectivity index (χ0v) is 13.9. The molecule has 1 aliphatic heterocycles. The third-order valence-electron chi connectivity index (χ3n) is 5.07. The van der Waals surface area contributed by atoms with E-state index in [2.05, 4.69) is 15.9 Å². The zero-order chi connectivity index (χ0) is 15.3. The van der Waals surface area contributed by atoms with Crippen LogP contribution in [0.4, 0.5) is 0 Å². The van der Waals surface area contributed by atoms with E-state index in [0.29, 0.717) is 19.1 Å². The van der Waals surface area contributed by atoms with Crippen LogP contribution in [0.3, 0.4) is 0 Å². The number of hydrogen-bond acceptors (Lipinski definition) is 3. The van der Waals surface area contributed by atoms with E-state index in [1.54, 1.807) is 0 Å². The molecule has 1 N–H and O–H groups in total. The lowest BCUT2D eigenvalue weighted by atomic mass is 9.91. The molecule has 3 aliphatic rings. The van der Waals surface area contributed by atoms with Crippen molar-refractivity contribution in [3.05, 3.63) is 22.2 Å². The number of benzene rings is 1. The molecule has 5 heteroatoms. The number of ether oxygens (including phenoxy) is 2. The molecule has 0 radical (unpaired) electrons. The summed E-state index contributed by atoms with van der Waals surface area (Å²) in [6.45, 7) is 1.42. The van der Waals surface area contributed by atoms with Crippen molar-refractivity contribution in [3.63, 3.8) is 0 Å². The summed E-state index contributed by atoms with van der Waals surface area (Å²) < 4.78 is 12.8. The highest BCUT2D eigenvalue weighted by molar-refractivity contribution is 9.10. The molecular formula is C17H19BrO4. The Kier molecular flexibility index (Phi) is 3.36. The van der Waals surface area contributed by atoms with Gasteiger partial charge in [0.2, 0.25) is 0 Å². The van der Waals surface area contributed by atoms with Crippen LogP contribution < -0.4 is 9.47 Å². The molecule has 1 aromatic rings. The van der Waals surface area contributed by atoms with Crippen molar-refractivity contribution in [2.45, 2.75) is 38.0 Å². The minimum Gasteiger partial charge on any atom is -0.489 e. The van der Waals surface area contributed by atoms with Crippen LogP contribution >= 0.6 is 15.9 Å². The van der Waals surface area contributed by atoms with E-state index in [0.717, 1.165) is 34.4 Å². The molecule has 1 unspecified atom stereocenters. The Morgan fingerprint density at radius 2 is 1.91 bits per heavy atom. The first kappa shape index (κ1) is 14.4. The Morgan fingerprint density at radius 1 is 1.27 bits per heavy atom. The quantitative estimate of drug-likeness (QED) is 0.875. The molecule has 0 amide bonds. The van der Waals surface area contributed by atoms with Crippen molar-refractivity contribution in [3.8, 4) is 11.5 Å². The van der Waals surface area contributed by atoms with Crippen LogP contribution in [0.15, 0.2) is 16.6 Å². The molecule has 0 aromatic heterocycles. The van der Waals surface area contributed by atoms with Gasteiger partial charge in [0.05, 0.1) is 19.6 Å². The van der Waals surface area contributed by atoms with Crippen molar-refractivity contribution in [2.75, 3.05) is 13.2 Å². The van der Waals surface area contributed by atoms with E-state index in [1.165, 1.54) is 12.8 Å². The summed E-state index contributed by atoms with van der Waals surface area (Å²) in [6.07, 6.45) is 4.73. The molecule has 4 rings (SSSR count). The summed E-state index contributed by atoms with van der Waals surface area (Å²) >= 11 is 3.60. The first-order valence-corrected chi connectivity index (χ1v) is 8.66. The lowest BCUT2D eigenvalue weighted by molar-refractivity contribution is -0.137. The second kappa shape index (κ2) is 5.15. The molecule has 118 valence electrons. The van der Waals surface area contributed by atoms with Crippen LogP contribution in [0.2, 0.25) is 0 Å². The average molecular weight is 367 g/mol. The van der Waals surface area contributed by atoms with Gasteiger partial charge in [0.1, 0.15) is 0 Å². The van der Waals surface area contributed by atoms with Gasteiger partial charge in [-0.1, -0.05) is 15.9 Å². The Balaban J connectivity index is 1.65. The van der Waals surface area contributed by atoms with Gasteiger partial charge < -0.3 is 14.6 Å². The molecule has 1 spiro atoms. The maximum atomic E-state index is 11.2. The predicted molar refractivity (Wildman–Crippen MR) is 84.5 cm³/mol. The SMILES string of the molecule is O=C(O)CC(c1cc2c(cc1Br)OCC1(CC1)CO2)C1CC1. The average Bonchev–Trinajstić information content (AvgIpc) is 3.36. The number of hydrogen-bond donors (Lipinski definition) is 1. The van der Waals surface area contributed by atoms with Crippen molar-refractivity contribution >= 4 is 21.9 Å². The molecule has 1 atom stereocenters. The van der Waals surface area contributed by atoms with Gasteiger partial charge in [0.25, 0.3) is 0 Å². The number of carboxylic acids is 1. The normalized spacial score (nSPS) is 23.0. The van der Waals surface area contributed by atoms with E-state index in [4.69, 9.17) is 9.47 Å². The van der Waals surface area contributed by atoms with Gasteiger partial charge in [-0.3, -0.25) is 4.79 Å². The fourth-order valence-corrected chi connectivity index (χ4v) is 3.86. The highest BCUT2D eigenvalue weighted by atomic mass is 79.9. The first-order chi connectivity index (χ1) is 10.6. The lowest BCUT2D eigenvalue weighted by Gasteiger charge is -2.18. The van der Waals surface area contributed by atoms with Crippen molar-refractivity contribution in [1.29, 1.82) is 0 Å². The van der Waals surface area contributed by atoms with Gasteiger partial charge in [-0.2, -0.15) is 0 Å². The highest BCUT2D eigenvalue weighted by Crippen LogP contribution is 2.52. The molecule has 0 saturated heterocycles. The highest BCUT2D eigenvalue weighted by Gasteiger charge is 2.46. The van der Waals surface area contributed by atoms with Gasteiger partial charge in [0.15, 0.2) is 11.5 Å². The molecular weight excluding hydrogens is 348 g/mol. The van der Waals surface area contributed by atoms with Gasteiger partial charge in [0, 0.05) is 9.89 Å². The predicted octanol–water partition coefficient (Wildman–Crippen LogP) is 3.97. The molecule has 0 bridgehead atoms. The Hall–Kier alpha value is -1.23. The number of fused-ring (bicyclic) bond motifs is 1. The van der Waals surface area contributed by atoms with Gasteiger partial charge in [-0.05, 0) is 55.2 Å². The minimum absolute atomic E-state index is 0.0545. The van der Waals surface area contributed by atoms with E-state index in [-0.39, 0.29) is 17.8 Å². The van der Waals surface area contributed by atoms with E-state index in [1.807, 2.05) is 12.1 Å². The molecule has 2 fully saturated rings. The van der Waals surface area contributed by atoms with E-state index in [9.17, 15) is 9.90 Å². The van der Waals surface area contributed by atoms with Crippen LogP contribution in [0.1, 0.15) is 43.6 Å². The Bertz CT molecular complexity index is 619. The fourth-order valence-electron chi connectivity index (χ4n) is 3.25. The summed E-state index contributed by atoms with van der Waals surface area (Å²) in [5, 5.41) is 9.20. The molecule has 2 aliphatic carbocycles. The maximum Gasteiger partial charge on any atom is 0.303 e. The fraction of sp³-hybridized carbons (Fsp3) is 0.588. The second-order valence-electron chi connectivity index (χ2n) is 6.94. The second-order valence-corrected chi connectivity index (χ2v) is 7.79. The molecule has 4 nitrogen and oxygen atoms in total. The van der Waals surface area contributed by atoms with Crippen LogP contribution in [0.25, 0.3) is 0 Å². The monoisotopic (exact) mass is 366 g/mol. The smallest absolute Gasteiger partial charge is 0.303 e. The van der Waals surface area contributed by atoms with E-state index >= 15 is 0 Å². The topological polar surface area (TPSA) is 55.8 Å². The number of carboxylic acid groups (broad SMARTS) is 1. The van der Waals surface area contributed by atoms with E-state index < -0.39 is 5.97 Å². The standard InChI is InChI=1S/C17H19BrO4/c18-13-7-15-14(21-8-17(3-4-17)9-22-15)5-12(13)11(6-16(19)20)10-1-2-10/h5,7,10-11H,1-4,6,8-9H2,(H,19,20). The summed E-state index contributed by atoms with van der Waals surface area (Å²) in [5.41, 5.74) is 1.25. The van der Waals surface area contributed by atoms with Crippen LogP contribution in [0, 0.1) is 11.3 Å². The number of rotatable bonds is 4. The summed E-state index contributed by atoms with van der Waals surface area (Å²) in [5.74, 6) is 1.32. The summed E-state index contributed by atoms with van der Waals surface area (Å²) in [7, 11) is 0. The minimum atomic E-state index is -0.743.